The van der Waals surface area contributed by atoms with E-state index in [-0.39, 0.29) is 11.9 Å². The number of amides is 1. The van der Waals surface area contributed by atoms with Crippen LogP contribution in [0.5, 0.6) is 0 Å². The highest BCUT2D eigenvalue weighted by atomic mass is 16.5. The van der Waals surface area contributed by atoms with Gasteiger partial charge in [0.25, 0.3) is 5.91 Å². The molecule has 4 aromatic rings. The van der Waals surface area contributed by atoms with Gasteiger partial charge >= 0.3 is 0 Å². The maximum absolute atomic E-state index is 12.9. The maximum atomic E-state index is 12.9. The van der Waals surface area contributed by atoms with Gasteiger partial charge in [0.15, 0.2) is 17.2 Å². The second-order valence-electron chi connectivity index (χ2n) is 9.49. The van der Waals surface area contributed by atoms with Gasteiger partial charge in [0.2, 0.25) is 0 Å². The largest absolute Gasteiger partial charge is 0.378 e. The number of nitrogens with zero attached hydrogens (tertiary/aromatic N) is 6. The number of hydrogen-bond acceptors (Lipinski definition) is 6. The molecule has 2 fully saturated rings. The van der Waals surface area contributed by atoms with Gasteiger partial charge in [-0.1, -0.05) is 23.8 Å². The second-order valence-corrected chi connectivity index (χ2v) is 9.49. The third kappa shape index (κ3) is 4.39. The number of aryl methyl sites for hydroxylation is 1. The minimum Gasteiger partial charge on any atom is -0.378 e. The zero-order chi connectivity index (χ0) is 23.9. The van der Waals surface area contributed by atoms with E-state index in [0.717, 1.165) is 30.2 Å². The highest BCUT2D eigenvalue weighted by Gasteiger charge is 2.30. The number of nitrogens with one attached hydrogen (secondary N) is 1. The SMILES string of the molecule is Cc1cccc(-c2ccn(-c3cc(N4CCOCC4)n4nc(C(=O)N[C@@H](C)C5CC5)cc4n3)n2)c1. The lowest BCUT2D eigenvalue weighted by molar-refractivity contribution is 0.0930. The molecule has 1 saturated carbocycles. The molecule has 0 bridgehead atoms. The third-order valence-corrected chi connectivity index (χ3v) is 6.79. The maximum Gasteiger partial charge on any atom is 0.272 e. The highest BCUT2D eigenvalue weighted by molar-refractivity contribution is 5.93. The number of aromatic nitrogens is 5. The van der Waals surface area contributed by atoms with Crippen LogP contribution < -0.4 is 10.2 Å². The molecule has 9 nitrogen and oxygen atoms in total. The van der Waals surface area contributed by atoms with Crippen LogP contribution in [0.2, 0.25) is 0 Å². The molecule has 0 spiro atoms. The first kappa shape index (κ1) is 21.8. The van der Waals surface area contributed by atoms with Crippen LogP contribution in [-0.4, -0.2) is 62.6 Å². The molecule has 1 atom stereocenters. The molecule has 2 aliphatic rings. The van der Waals surface area contributed by atoms with Crippen molar-refractivity contribution in [2.24, 2.45) is 5.92 Å². The van der Waals surface area contributed by atoms with Crippen molar-refractivity contribution in [3.05, 3.63) is 59.9 Å². The number of benzene rings is 1. The Kier molecular flexibility index (Phi) is 5.49. The monoisotopic (exact) mass is 471 g/mol. The number of anilines is 1. The fraction of sp³-hybridized carbons (Fsp3) is 0.385. The first-order valence-electron chi connectivity index (χ1n) is 12.2. The smallest absolute Gasteiger partial charge is 0.272 e. The van der Waals surface area contributed by atoms with Gasteiger partial charge in [0, 0.05) is 43.0 Å². The van der Waals surface area contributed by atoms with Crippen molar-refractivity contribution in [3.8, 4) is 17.1 Å². The summed E-state index contributed by atoms with van der Waals surface area (Å²) in [6.45, 7) is 6.91. The second kappa shape index (κ2) is 8.81. The van der Waals surface area contributed by atoms with E-state index < -0.39 is 0 Å². The molecule has 4 heterocycles. The lowest BCUT2D eigenvalue weighted by atomic mass is 10.1. The molecule has 1 aliphatic heterocycles. The fourth-order valence-electron chi connectivity index (χ4n) is 4.60. The number of carbonyl (C=O) groups is 1. The standard InChI is InChI=1S/C26H29N7O2/c1-17-4-3-5-20(14-17)21-8-9-32(29-21)23-16-25(31-10-12-35-13-11-31)33-24(28-23)15-22(30-33)26(34)27-18(2)19-6-7-19/h3-5,8-9,14-16,18-19H,6-7,10-13H2,1-2H3,(H,27,34)/t18-/m0/s1. The molecule has 6 rings (SSSR count). The minimum atomic E-state index is -0.162. The number of ether oxygens (including phenoxy) is 1. The predicted octanol–water partition coefficient (Wildman–Crippen LogP) is 3.26. The van der Waals surface area contributed by atoms with Gasteiger partial charge in [-0.2, -0.15) is 14.7 Å². The molecule has 3 aromatic heterocycles. The van der Waals surface area contributed by atoms with Crippen molar-refractivity contribution < 1.29 is 9.53 Å². The molecule has 35 heavy (non-hydrogen) atoms. The molecule has 1 aromatic carbocycles. The van der Waals surface area contributed by atoms with Crippen molar-refractivity contribution in [1.29, 1.82) is 0 Å². The first-order chi connectivity index (χ1) is 17.0. The zero-order valence-electron chi connectivity index (χ0n) is 20.0. The van der Waals surface area contributed by atoms with Crippen LogP contribution in [0.25, 0.3) is 22.7 Å². The molecule has 1 saturated heterocycles. The normalized spacial score (nSPS) is 17.0. The number of hydrogen-bond donors (Lipinski definition) is 1. The van der Waals surface area contributed by atoms with Gasteiger partial charge in [-0.15, -0.1) is 0 Å². The zero-order valence-corrected chi connectivity index (χ0v) is 20.0. The lowest BCUT2D eigenvalue weighted by Gasteiger charge is -2.29. The summed E-state index contributed by atoms with van der Waals surface area (Å²) in [7, 11) is 0. The van der Waals surface area contributed by atoms with Gasteiger partial charge in [-0.05, 0) is 44.7 Å². The highest BCUT2D eigenvalue weighted by Crippen LogP contribution is 2.32. The Hall–Kier alpha value is -3.72. The Balaban J connectivity index is 1.39. The molecule has 1 amide bonds. The number of fused-ring (bicyclic) bond motifs is 1. The van der Waals surface area contributed by atoms with Crippen molar-refractivity contribution in [1.82, 2.24) is 29.7 Å². The Labute approximate surface area is 203 Å². The van der Waals surface area contributed by atoms with Crippen LogP contribution in [0.1, 0.15) is 35.8 Å². The van der Waals surface area contributed by atoms with Crippen LogP contribution in [0, 0.1) is 12.8 Å². The molecule has 180 valence electrons. The van der Waals surface area contributed by atoms with E-state index >= 15 is 0 Å². The van der Waals surface area contributed by atoms with Gasteiger partial charge in [0.05, 0.1) is 18.9 Å². The van der Waals surface area contributed by atoms with E-state index in [0.29, 0.717) is 36.3 Å². The molecule has 9 heteroatoms. The Bertz CT molecular complexity index is 1380. The van der Waals surface area contributed by atoms with E-state index in [1.54, 1.807) is 15.3 Å². The summed E-state index contributed by atoms with van der Waals surface area (Å²) in [6, 6.07) is 14.2. The van der Waals surface area contributed by atoms with E-state index in [9.17, 15) is 4.79 Å². The van der Waals surface area contributed by atoms with Crippen LogP contribution in [0.4, 0.5) is 5.82 Å². The summed E-state index contributed by atoms with van der Waals surface area (Å²) in [5, 5.41) is 12.5. The quantitative estimate of drug-likeness (QED) is 0.464. The number of rotatable bonds is 6. The van der Waals surface area contributed by atoms with E-state index in [2.05, 4.69) is 47.4 Å². The molecule has 0 unspecified atom stereocenters. The van der Waals surface area contributed by atoms with Crippen molar-refractivity contribution in [2.75, 3.05) is 31.2 Å². The van der Waals surface area contributed by atoms with Gasteiger partial charge in [-0.25, -0.2) is 9.67 Å². The number of morpholine rings is 1. The average Bonchev–Trinajstić information content (AvgIpc) is 3.44. The fourth-order valence-corrected chi connectivity index (χ4v) is 4.60. The molecule has 1 N–H and O–H groups in total. The summed E-state index contributed by atoms with van der Waals surface area (Å²) in [5.41, 5.74) is 4.11. The van der Waals surface area contributed by atoms with E-state index in [1.165, 1.54) is 18.4 Å². The molecule has 0 radical (unpaired) electrons. The van der Waals surface area contributed by atoms with Gasteiger partial charge < -0.3 is 15.0 Å². The van der Waals surface area contributed by atoms with Crippen molar-refractivity contribution >= 4 is 17.4 Å². The van der Waals surface area contributed by atoms with Gasteiger partial charge in [0.1, 0.15) is 5.82 Å². The summed E-state index contributed by atoms with van der Waals surface area (Å²) in [5.74, 6) is 1.96. The van der Waals surface area contributed by atoms with Crippen molar-refractivity contribution in [3.63, 3.8) is 0 Å². The van der Waals surface area contributed by atoms with Gasteiger partial charge in [-0.3, -0.25) is 4.79 Å². The number of carbonyl (C=O) groups excluding carboxylic acids is 1. The Morgan fingerprint density at radius 3 is 2.71 bits per heavy atom. The molecular weight excluding hydrogens is 442 g/mol. The predicted molar refractivity (Wildman–Crippen MR) is 133 cm³/mol. The van der Waals surface area contributed by atoms with E-state index in [4.69, 9.17) is 14.8 Å². The first-order valence-corrected chi connectivity index (χ1v) is 12.2. The Morgan fingerprint density at radius 2 is 1.94 bits per heavy atom. The minimum absolute atomic E-state index is 0.152. The summed E-state index contributed by atoms with van der Waals surface area (Å²) in [4.78, 5) is 20.0. The topological polar surface area (TPSA) is 89.6 Å². The average molecular weight is 472 g/mol. The summed E-state index contributed by atoms with van der Waals surface area (Å²) < 4.78 is 9.10. The van der Waals surface area contributed by atoms with E-state index in [1.807, 2.05) is 24.4 Å². The van der Waals surface area contributed by atoms with Crippen LogP contribution in [0.15, 0.2) is 48.7 Å². The third-order valence-electron chi connectivity index (χ3n) is 6.79. The lowest BCUT2D eigenvalue weighted by Crippen LogP contribution is -2.37. The molecule has 1 aliphatic carbocycles. The van der Waals surface area contributed by atoms with Crippen LogP contribution >= 0.6 is 0 Å². The van der Waals surface area contributed by atoms with Crippen LogP contribution in [0.3, 0.4) is 0 Å². The molecular formula is C26H29N7O2. The summed E-state index contributed by atoms with van der Waals surface area (Å²) in [6.07, 6.45) is 4.27. The summed E-state index contributed by atoms with van der Waals surface area (Å²) >= 11 is 0. The Morgan fingerprint density at radius 1 is 1.11 bits per heavy atom. The van der Waals surface area contributed by atoms with Crippen LogP contribution in [-0.2, 0) is 4.74 Å². The van der Waals surface area contributed by atoms with Crippen molar-refractivity contribution in [2.45, 2.75) is 32.7 Å².